The first-order valence-electron chi connectivity index (χ1n) is 9.02. The number of nitrogens with zero attached hydrogens (tertiary/aromatic N) is 2. The van der Waals surface area contributed by atoms with Crippen molar-refractivity contribution in [2.75, 3.05) is 0 Å². The normalized spacial score (nSPS) is 14.3. The van der Waals surface area contributed by atoms with Gasteiger partial charge in [0.05, 0.1) is 11.4 Å². The summed E-state index contributed by atoms with van der Waals surface area (Å²) in [6, 6.07) is 7.45. The van der Waals surface area contributed by atoms with Gasteiger partial charge in [0.1, 0.15) is 11.9 Å². The lowest BCUT2D eigenvalue weighted by Gasteiger charge is -2.12. The molecular formula is C21H28N2O4. The van der Waals surface area contributed by atoms with E-state index in [4.69, 9.17) is 14.8 Å². The smallest absolute Gasteiger partial charge is 0.331 e. The number of oxime groups is 2. The van der Waals surface area contributed by atoms with Gasteiger partial charge in [0.15, 0.2) is 0 Å². The predicted molar refractivity (Wildman–Crippen MR) is 108 cm³/mol. The molecule has 6 heteroatoms. The summed E-state index contributed by atoms with van der Waals surface area (Å²) in [5.41, 5.74) is 3.06. The molecule has 1 rings (SSSR count). The monoisotopic (exact) mass is 372 g/mol. The highest BCUT2D eigenvalue weighted by Gasteiger charge is 2.06. The summed E-state index contributed by atoms with van der Waals surface area (Å²) in [6.45, 7) is 9.02. The van der Waals surface area contributed by atoms with Gasteiger partial charge in [-0.1, -0.05) is 36.3 Å². The molecule has 0 spiro atoms. The van der Waals surface area contributed by atoms with E-state index < -0.39 is 5.97 Å². The molecule has 6 nitrogen and oxygen atoms in total. The summed E-state index contributed by atoms with van der Waals surface area (Å²) in [5.74, 6) is 0.270. The van der Waals surface area contributed by atoms with Crippen LogP contribution in [0.2, 0.25) is 0 Å². The molecule has 1 unspecified atom stereocenters. The maximum atomic E-state index is 10.9. The third kappa shape index (κ3) is 7.48. The molecular weight excluding hydrogens is 344 g/mol. The number of carbonyl (C=O) groups excluding carboxylic acids is 1. The van der Waals surface area contributed by atoms with Crippen LogP contribution < -0.4 is 4.74 Å². The lowest BCUT2D eigenvalue weighted by atomic mass is 10.1. The Kier molecular flexibility index (Phi) is 9.58. The Morgan fingerprint density at radius 2 is 1.89 bits per heavy atom. The van der Waals surface area contributed by atoms with Crippen LogP contribution in [0.25, 0.3) is 0 Å². The summed E-state index contributed by atoms with van der Waals surface area (Å²) < 4.78 is 5.88. The van der Waals surface area contributed by atoms with Gasteiger partial charge in [-0.25, -0.2) is 4.79 Å². The number of hydrogen-bond acceptors (Lipinski definition) is 6. The first kappa shape index (κ1) is 22.2. The summed E-state index contributed by atoms with van der Waals surface area (Å²) >= 11 is 0. The third-order valence-corrected chi connectivity index (χ3v) is 3.78. The SMILES string of the molecule is C/C=C(\C=C/C(C)Oc1ccc(/C(CC)=N/OC(C)=O)cc1)C(/CC)=N/O. The molecule has 27 heavy (non-hydrogen) atoms. The first-order valence-corrected chi connectivity index (χ1v) is 9.02. The van der Waals surface area contributed by atoms with E-state index in [2.05, 4.69) is 10.3 Å². The van der Waals surface area contributed by atoms with Crippen LogP contribution in [0.4, 0.5) is 0 Å². The fourth-order valence-corrected chi connectivity index (χ4v) is 2.35. The van der Waals surface area contributed by atoms with Gasteiger partial charge >= 0.3 is 5.97 Å². The summed E-state index contributed by atoms with van der Waals surface area (Å²) in [7, 11) is 0. The van der Waals surface area contributed by atoms with Crippen LogP contribution in [0.5, 0.6) is 5.75 Å². The quantitative estimate of drug-likeness (QED) is 0.220. The zero-order chi connectivity index (χ0) is 20.2. The number of carbonyl (C=O) groups is 1. The average molecular weight is 372 g/mol. The molecule has 1 N–H and O–H groups in total. The molecule has 0 amide bonds. The lowest BCUT2D eigenvalue weighted by molar-refractivity contribution is -0.140. The van der Waals surface area contributed by atoms with Crippen LogP contribution in [-0.2, 0) is 9.63 Å². The zero-order valence-electron chi connectivity index (χ0n) is 16.6. The van der Waals surface area contributed by atoms with E-state index in [0.29, 0.717) is 30.0 Å². The highest BCUT2D eigenvalue weighted by atomic mass is 16.7. The van der Waals surface area contributed by atoms with E-state index in [-0.39, 0.29) is 6.10 Å². The van der Waals surface area contributed by atoms with Crippen molar-refractivity contribution < 1.29 is 19.6 Å². The van der Waals surface area contributed by atoms with Crippen LogP contribution in [-0.4, -0.2) is 28.7 Å². The maximum absolute atomic E-state index is 10.9. The number of ether oxygens (including phenoxy) is 1. The van der Waals surface area contributed by atoms with Crippen molar-refractivity contribution in [3.63, 3.8) is 0 Å². The summed E-state index contributed by atoms with van der Waals surface area (Å²) in [4.78, 5) is 15.6. The van der Waals surface area contributed by atoms with Gasteiger partial charge in [0.2, 0.25) is 0 Å². The fraction of sp³-hybridized carbons (Fsp3) is 0.381. The standard InChI is InChI=1S/C21H28N2O4/c1-6-17(20(7-2)22-25)10-9-15(4)26-19-13-11-18(12-14-19)21(8-3)23-27-16(5)24/h6,9-15,25H,7-8H2,1-5H3/b10-9-,17-6+,22-20+,23-21+. The van der Waals surface area contributed by atoms with E-state index >= 15 is 0 Å². The molecule has 0 fully saturated rings. The largest absolute Gasteiger partial charge is 0.487 e. The van der Waals surface area contributed by atoms with E-state index in [0.717, 1.165) is 11.1 Å². The average Bonchev–Trinajstić information content (AvgIpc) is 2.66. The van der Waals surface area contributed by atoms with Gasteiger partial charge < -0.3 is 14.8 Å². The Bertz CT molecular complexity index is 731. The molecule has 0 aromatic heterocycles. The zero-order valence-corrected chi connectivity index (χ0v) is 16.6. The number of allylic oxidation sites excluding steroid dienone is 3. The molecule has 0 aliphatic heterocycles. The second-order valence-corrected chi connectivity index (χ2v) is 5.83. The van der Waals surface area contributed by atoms with E-state index in [9.17, 15) is 4.79 Å². The van der Waals surface area contributed by atoms with Crippen LogP contribution in [0.3, 0.4) is 0 Å². The summed E-state index contributed by atoms with van der Waals surface area (Å²) in [5, 5.41) is 16.2. The number of hydrogen-bond donors (Lipinski definition) is 1. The lowest BCUT2D eigenvalue weighted by Crippen LogP contribution is -2.09. The maximum Gasteiger partial charge on any atom is 0.331 e. The Labute approximate surface area is 160 Å². The van der Waals surface area contributed by atoms with Gasteiger partial charge in [-0.3, -0.25) is 0 Å². The van der Waals surface area contributed by atoms with Crippen molar-refractivity contribution in [2.24, 2.45) is 10.3 Å². The molecule has 1 atom stereocenters. The van der Waals surface area contributed by atoms with Gasteiger partial charge in [-0.05, 0) is 68.2 Å². The first-order chi connectivity index (χ1) is 12.9. The number of benzene rings is 1. The molecule has 146 valence electrons. The molecule has 0 aliphatic rings. The molecule has 0 saturated carbocycles. The Morgan fingerprint density at radius 1 is 1.22 bits per heavy atom. The van der Waals surface area contributed by atoms with Crippen molar-refractivity contribution in [1.82, 2.24) is 0 Å². The van der Waals surface area contributed by atoms with E-state index in [1.165, 1.54) is 6.92 Å². The van der Waals surface area contributed by atoms with Crippen LogP contribution in [0.1, 0.15) is 53.0 Å². The molecule has 0 bridgehead atoms. The number of rotatable bonds is 9. The molecule has 0 heterocycles. The molecule has 0 aliphatic carbocycles. The molecule has 1 aromatic rings. The minimum atomic E-state index is -0.445. The van der Waals surface area contributed by atoms with Crippen molar-refractivity contribution in [3.05, 3.63) is 53.6 Å². The molecule has 1 aromatic carbocycles. The van der Waals surface area contributed by atoms with Crippen molar-refractivity contribution in [2.45, 2.75) is 53.6 Å². The fourth-order valence-electron chi connectivity index (χ4n) is 2.35. The van der Waals surface area contributed by atoms with Gasteiger partial charge in [0, 0.05) is 6.92 Å². The minimum absolute atomic E-state index is 0.164. The Balaban J connectivity index is 2.78. The van der Waals surface area contributed by atoms with Crippen LogP contribution in [0, 0.1) is 0 Å². The van der Waals surface area contributed by atoms with E-state index in [1.54, 1.807) is 0 Å². The van der Waals surface area contributed by atoms with Gasteiger partial charge in [-0.2, -0.15) is 0 Å². The van der Waals surface area contributed by atoms with Crippen molar-refractivity contribution in [3.8, 4) is 5.75 Å². The molecule has 0 saturated heterocycles. The molecule has 0 radical (unpaired) electrons. The van der Waals surface area contributed by atoms with Gasteiger partial charge in [0.25, 0.3) is 0 Å². The van der Waals surface area contributed by atoms with Crippen LogP contribution in [0.15, 0.2) is 58.4 Å². The summed E-state index contributed by atoms with van der Waals surface area (Å²) in [6.07, 6.45) is 6.81. The Hall–Kier alpha value is -2.89. The predicted octanol–water partition coefficient (Wildman–Crippen LogP) is 4.87. The Morgan fingerprint density at radius 3 is 2.37 bits per heavy atom. The van der Waals surface area contributed by atoms with Crippen molar-refractivity contribution in [1.29, 1.82) is 0 Å². The van der Waals surface area contributed by atoms with Gasteiger partial charge in [-0.15, -0.1) is 0 Å². The highest BCUT2D eigenvalue weighted by molar-refractivity contribution is 6.02. The topological polar surface area (TPSA) is 80.5 Å². The second kappa shape index (κ2) is 11.7. The highest BCUT2D eigenvalue weighted by Crippen LogP contribution is 2.16. The second-order valence-electron chi connectivity index (χ2n) is 5.83. The third-order valence-electron chi connectivity index (χ3n) is 3.78. The van der Waals surface area contributed by atoms with E-state index in [1.807, 2.05) is 70.2 Å². The minimum Gasteiger partial charge on any atom is -0.487 e. The van der Waals surface area contributed by atoms with Crippen molar-refractivity contribution >= 4 is 17.4 Å². The van der Waals surface area contributed by atoms with Crippen LogP contribution >= 0.6 is 0 Å².